The lowest BCUT2D eigenvalue weighted by molar-refractivity contribution is -0.128. The summed E-state index contributed by atoms with van der Waals surface area (Å²) in [6, 6.07) is 7.66. The molecule has 1 fully saturated rings. The third kappa shape index (κ3) is 5.49. The minimum absolute atomic E-state index is 0. The first-order chi connectivity index (χ1) is 10.8. The quantitative estimate of drug-likeness (QED) is 0.875. The van der Waals surface area contributed by atoms with Gasteiger partial charge in [-0.2, -0.15) is 0 Å². The summed E-state index contributed by atoms with van der Waals surface area (Å²) in [5.41, 5.74) is 7.15. The van der Waals surface area contributed by atoms with Crippen molar-refractivity contribution in [2.24, 2.45) is 11.1 Å². The second-order valence-electron chi connectivity index (χ2n) is 7.26. The molecular formula is C18H28ClN3O2. The van der Waals surface area contributed by atoms with Gasteiger partial charge in [-0.3, -0.25) is 9.59 Å². The van der Waals surface area contributed by atoms with Crippen molar-refractivity contribution in [3.63, 3.8) is 0 Å². The van der Waals surface area contributed by atoms with E-state index in [1.165, 1.54) is 0 Å². The van der Waals surface area contributed by atoms with Gasteiger partial charge < -0.3 is 16.0 Å². The van der Waals surface area contributed by atoms with E-state index in [4.69, 9.17) is 5.73 Å². The maximum Gasteiger partial charge on any atom is 0.253 e. The van der Waals surface area contributed by atoms with Crippen LogP contribution in [0.4, 0.5) is 0 Å². The van der Waals surface area contributed by atoms with E-state index < -0.39 is 5.41 Å². The predicted octanol–water partition coefficient (Wildman–Crippen LogP) is 2.33. The molecule has 0 saturated carbocycles. The fourth-order valence-corrected chi connectivity index (χ4v) is 2.50. The monoisotopic (exact) mass is 353 g/mol. The lowest BCUT2D eigenvalue weighted by atomic mass is 9.95. The van der Waals surface area contributed by atoms with E-state index in [0.717, 1.165) is 31.5 Å². The molecule has 1 heterocycles. The zero-order chi connectivity index (χ0) is 17.0. The van der Waals surface area contributed by atoms with E-state index in [-0.39, 0.29) is 30.3 Å². The highest BCUT2D eigenvalue weighted by Crippen LogP contribution is 2.15. The zero-order valence-corrected chi connectivity index (χ0v) is 15.5. The number of piperidine rings is 1. The van der Waals surface area contributed by atoms with Crippen LogP contribution in [-0.2, 0) is 11.3 Å². The van der Waals surface area contributed by atoms with Crippen molar-refractivity contribution in [3.8, 4) is 0 Å². The van der Waals surface area contributed by atoms with E-state index in [1.54, 1.807) is 0 Å². The van der Waals surface area contributed by atoms with Crippen LogP contribution < -0.4 is 11.1 Å². The molecule has 2 amide bonds. The Kier molecular flexibility index (Phi) is 7.24. The number of nitrogens with one attached hydrogen (secondary N) is 1. The first kappa shape index (κ1) is 20.5. The number of carbonyl (C=O) groups excluding carboxylic acids is 2. The van der Waals surface area contributed by atoms with Crippen molar-refractivity contribution < 1.29 is 9.59 Å². The van der Waals surface area contributed by atoms with Gasteiger partial charge in [-0.05, 0) is 30.5 Å². The van der Waals surface area contributed by atoms with Crippen LogP contribution in [0.5, 0.6) is 0 Å². The van der Waals surface area contributed by atoms with Crippen molar-refractivity contribution in [1.82, 2.24) is 10.2 Å². The van der Waals surface area contributed by atoms with E-state index in [2.05, 4.69) is 5.32 Å². The summed E-state index contributed by atoms with van der Waals surface area (Å²) in [5.74, 6) is 0.0736. The lowest BCUT2D eigenvalue weighted by Crippen LogP contribution is -2.42. The van der Waals surface area contributed by atoms with Crippen LogP contribution in [0, 0.1) is 5.41 Å². The van der Waals surface area contributed by atoms with Gasteiger partial charge in [-0.15, -0.1) is 12.4 Å². The molecule has 1 aromatic rings. The fourth-order valence-electron chi connectivity index (χ4n) is 2.50. The molecule has 1 aliphatic rings. The van der Waals surface area contributed by atoms with Gasteiger partial charge in [0.15, 0.2) is 0 Å². The fraction of sp³-hybridized carbons (Fsp3) is 0.556. The summed E-state index contributed by atoms with van der Waals surface area (Å²) in [5, 5.41) is 2.91. The third-order valence-electron chi connectivity index (χ3n) is 4.16. The molecule has 2 rings (SSSR count). The van der Waals surface area contributed by atoms with E-state index in [0.29, 0.717) is 12.1 Å². The molecule has 0 spiro atoms. The van der Waals surface area contributed by atoms with Gasteiger partial charge in [0.2, 0.25) is 5.91 Å². The second-order valence-corrected chi connectivity index (χ2v) is 7.26. The topological polar surface area (TPSA) is 75.4 Å². The molecule has 0 radical (unpaired) electrons. The first-order valence-electron chi connectivity index (χ1n) is 8.19. The molecule has 24 heavy (non-hydrogen) atoms. The molecular weight excluding hydrogens is 326 g/mol. The molecule has 1 aliphatic heterocycles. The van der Waals surface area contributed by atoms with Gasteiger partial charge in [0.05, 0.1) is 0 Å². The summed E-state index contributed by atoms with van der Waals surface area (Å²) in [7, 11) is 0. The van der Waals surface area contributed by atoms with Crippen molar-refractivity contribution in [3.05, 3.63) is 35.4 Å². The van der Waals surface area contributed by atoms with Crippen LogP contribution in [0.2, 0.25) is 0 Å². The zero-order valence-electron chi connectivity index (χ0n) is 14.7. The molecule has 0 aliphatic carbocycles. The number of likely N-dealkylation sites (tertiary alicyclic amines) is 1. The van der Waals surface area contributed by atoms with Crippen LogP contribution in [-0.4, -0.2) is 35.8 Å². The Balaban J connectivity index is 0.00000288. The summed E-state index contributed by atoms with van der Waals surface area (Å²) >= 11 is 0. The van der Waals surface area contributed by atoms with Crippen LogP contribution in [0.25, 0.3) is 0 Å². The number of hydrogen-bond acceptors (Lipinski definition) is 3. The summed E-state index contributed by atoms with van der Waals surface area (Å²) in [6.45, 7) is 7.58. The summed E-state index contributed by atoms with van der Waals surface area (Å²) < 4.78 is 0. The van der Waals surface area contributed by atoms with Gasteiger partial charge >= 0.3 is 0 Å². The lowest BCUT2D eigenvalue weighted by Gasteiger charge is -2.30. The molecule has 0 aromatic heterocycles. The minimum atomic E-state index is -0.398. The Hall–Kier alpha value is -1.59. The molecule has 1 aromatic carbocycles. The van der Waals surface area contributed by atoms with Crippen LogP contribution in [0.15, 0.2) is 24.3 Å². The number of carbonyl (C=O) groups is 2. The smallest absolute Gasteiger partial charge is 0.253 e. The number of rotatable bonds is 3. The van der Waals surface area contributed by atoms with Crippen molar-refractivity contribution >= 4 is 24.2 Å². The van der Waals surface area contributed by atoms with Crippen molar-refractivity contribution in [1.29, 1.82) is 0 Å². The second kappa shape index (κ2) is 8.49. The maximum atomic E-state index is 12.4. The molecule has 0 atom stereocenters. The van der Waals surface area contributed by atoms with Crippen molar-refractivity contribution in [2.45, 2.75) is 46.2 Å². The minimum Gasteiger partial charge on any atom is -0.352 e. The normalized spacial score (nSPS) is 15.6. The number of halogens is 1. The van der Waals surface area contributed by atoms with Crippen LogP contribution in [0.3, 0.4) is 0 Å². The number of hydrogen-bond donors (Lipinski definition) is 2. The molecule has 0 bridgehead atoms. The maximum absolute atomic E-state index is 12.4. The van der Waals surface area contributed by atoms with E-state index in [9.17, 15) is 9.59 Å². The Morgan fingerprint density at radius 3 is 2.21 bits per heavy atom. The first-order valence-corrected chi connectivity index (χ1v) is 8.19. The number of nitrogens with two attached hydrogens (primary N) is 1. The highest BCUT2D eigenvalue weighted by Gasteiger charge is 2.22. The van der Waals surface area contributed by atoms with E-state index >= 15 is 0 Å². The average molecular weight is 354 g/mol. The Morgan fingerprint density at radius 1 is 1.17 bits per heavy atom. The molecule has 134 valence electrons. The van der Waals surface area contributed by atoms with Gasteiger partial charge in [-0.25, -0.2) is 0 Å². The van der Waals surface area contributed by atoms with Crippen LogP contribution >= 0.6 is 12.4 Å². The Labute approximate surface area is 150 Å². The van der Waals surface area contributed by atoms with Gasteiger partial charge in [-0.1, -0.05) is 32.9 Å². The number of amides is 2. The highest BCUT2D eigenvalue weighted by molar-refractivity contribution is 5.94. The molecule has 6 heteroatoms. The van der Waals surface area contributed by atoms with Gasteiger partial charge in [0.25, 0.3) is 5.91 Å². The summed E-state index contributed by atoms with van der Waals surface area (Å²) in [4.78, 5) is 26.2. The Morgan fingerprint density at radius 2 is 1.71 bits per heavy atom. The SMILES string of the molecule is CC(C)(C)C(=O)NCc1ccc(C(=O)N2CCC(N)CC2)cc1.Cl. The molecule has 5 nitrogen and oxygen atoms in total. The summed E-state index contributed by atoms with van der Waals surface area (Å²) in [6.07, 6.45) is 1.73. The highest BCUT2D eigenvalue weighted by atomic mass is 35.5. The van der Waals surface area contributed by atoms with E-state index in [1.807, 2.05) is 49.9 Å². The predicted molar refractivity (Wildman–Crippen MR) is 98.1 cm³/mol. The molecule has 0 unspecified atom stereocenters. The Bertz CT molecular complexity index is 559. The van der Waals surface area contributed by atoms with Gasteiger partial charge in [0, 0.05) is 36.7 Å². The standard InChI is InChI=1S/C18H27N3O2.ClH/c1-18(2,3)17(23)20-12-13-4-6-14(7-5-13)16(22)21-10-8-15(19)9-11-21;/h4-7,15H,8-12,19H2,1-3H3,(H,20,23);1H. The van der Waals surface area contributed by atoms with Crippen LogP contribution in [0.1, 0.15) is 49.5 Å². The molecule has 1 saturated heterocycles. The van der Waals surface area contributed by atoms with Gasteiger partial charge in [0.1, 0.15) is 0 Å². The number of nitrogens with zero attached hydrogens (tertiary/aromatic N) is 1. The largest absolute Gasteiger partial charge is 0.352 e. The number of benzene rings is 1. The van der Waals surface area contributed by atoms with Crippen molar-refractivity contribution in [2.75, 3.05) is 13.1 Å². The third-order valence-corrected chi connectivity index (χ3v) is 4.16. The average Bonchev–Trinajstić information content (AvgIpc) is 2.52. The molecule has 3 N–H and O–H groups in total.